The predicted molar refractivity (Wildman–Crippen MR) is 174 cm³/mol. The number of hydrogen-bond acceptors (Lipinski definition) is 7. The van der Waals surface area contributed by atoms with E-state index in [1.54, 1.807) is 48.5 Å². The Labute approximate surface area is 272 Å². The number of imide groups is 2. The molecule has 0 radical (unpaired) electrons. The number of hydrogen-bond donors (Lipinski definition) is 2. The standard InChI is InChI=1S/C34H27IN2O8/c1-2-43-29-18-23(17-28(35)30(29)45-20-22-8-10-24(11-9-22)33(40)41)16-27-31(38)36-34(42)37(32(27)39)25-12-14-26(15-13-25)44-19-21-6-4-3-5-7-21/h3-18H,2,19-20H2,1H3,(H,40,41)(H,36,38,42)/b27-16+. The lowest BCUT2D eigenvalue weighted by atomic mass is 10.1. The van der Waals surface area contributed by atoms with Gasteiger partial charge in [0.05, 0.1) is 21.4 Å². The van der Waals surface area contributed by atoms with Gasteiger partial charge in [-0.2, -0.15) is 0 Å². The number of barbiturate groups is 1. The van der Waals surface area contributed by atoms with Crippen molar-refractivity contribution in [2.45, 2.75) is 20.1 Å². The maximum Gasteiger partial charge on any atom is 0.335 e. The summed E-state index contributed by atoms with van der Waals surface area (Å²) in [6, 6.07) is 24.9. The number of amides is 4. The first-order valence-corrected chi connectivity index (χ1v) is 14.9. The number of anilines is 1. The van der Waals surface area contributed by atoms with E-state index in [2.05, 4.69) is 27.9 Å². The maximum atomic E-state index is 13.5. The number of carboxylic acid groups (broad SMARTS) is 1. The number of carbonyl (C=O) groups is 4. The van der Waals surface area contributed by atoms with Gasteiger partial charge in [0.2, 0.25) is 0 Å². The van der Waals surface area contributed by atoms with Gasteiger partial charge in [0.15, 0.2) is 11.5 Å². The second-order valence-electron chi connectivity index (χ2n) is 9.78. The first kappa shape index (κ1) is 31.3. The van der Waals surface area contributed by atoms with Crippen molar-refractivity contribution in [2.75, 3.05) is 11.5 Å². The van der Waals surface area contributed by atoms with Crippen molar-refractivity contribution < 1.29 is 38.5 Å². The zero-order chi connectivity index (χ0) is 31.9. The van der Waals surface area contributed by atoms with Gasteiger partial charge >= 0.3 is 12.0 Å². The monoisotopic (exact) mass is 718 g/mol. The highest BCUT2D eigenvalue weighted by Gasteiger charge is 2.37. The third-order valence-electron chi connectivity index (χ3n) is 6.67. The Bertz CT molecular complexity index is 1770. The van der Waals surface area contributed by atoms with Gasteiger partial charge < -0.3 is 19.3 Å². The largest absolute Gasteiger partial charge is 0.490 e. The van der Waals surface area contributed by atoms with E-state index in [-0.39, 0.29) is 23.4 Å². The number of urea groups is 1. The summed E-state index contributed by atoms with van der Waals surface area (Å²) in [6.07, 6.45) is 1.40. The summed E-state index contributed by atoms with van der Waals surface area (Å²) < 4.78 is 18.3. The highest BCUT2D eigenvalue weighted by atomic mass is 127. The Morgan fingerprint density at radius 1 is 0.867 bits per heavy atom. The van der Waals surface area contributed by atoms with Gasteiger partial charge in [0.25, 0.3) is 11.8 Å². The Hall–Kier alpha value is -5.17. The summed E-state index contributed by atoms with van der Waals surface area (Å²) >= 11 is 2.07. The normalized spacial score (nSPS) is 13.9. The van der Waals surface area contributed by atoms with Crippen LogP contribution in [-0.4, -0.2) is 35.5 Å². The van der Waals surface area contributed by atoms with Crippen LogP contribution in [0.15, 0.2) is 96.6 Å². The number of carboxylic acids is 1. The molecule has 5 rings (SSSR count). The van der Waals surface area contributed by atoms with Crippen LogP contribution in [0.5, 0.6) is 17.2 Å². The average molecular weight is 719 g/mol. The van der Waals surface area contributed by atoms with Crippen molar-refractivity contribution in [1.82, 2.24) is 5.32 Å². The number of benzene rings is 4. The summed E-state index contributed by atoms with van der Waals surface area (Å²) in [5.41, 5.74) is 2.45. The van der Waals surface area contributed by atoms with Gasteiger partial charge in [-0.05, 0) is 101 Å². The second-order valence-corrected chi connectivity index (χ2v) is 10.9. The minimum Gasteiger partial charge on any atom is -0.490 e. The lowest BCUT2D eigenvalue weighted by Crippen LogP contribution is -2.54. The smallest absolute Gasteiger partial charge is 0.335 e. The van der Waals surface area contributed by atoms with E-state index in [4.69, 9.17) is 19.3 Å². The van der Waals surface area contributed by atoms with Crippen molar-refractivity contribution in [3.8, 4) is 17.2 Å². The molecule has 10 nitrogen and oxygen atoms in total. The molecule has 0 aliphatic carbocycles. The number of aromatic carboxylic acids is 1. The van der Waals surface area contributed by atoms with E-state index in [0.29, 0.717) is 39.6 Å². The molecule has 1 aliphatic rings. The number of carbonyl (C=O) groups excluding carboxylic acids is 3. The molecule has 0 unspecified atom stereocenters. The van der Waals surface area contributed by atoms with Crippen molar-refractivity contribution in [2.24, 2.45) is 0 Å². The summed E-state index contributed by atoms with van der Waals surface area (Å²) in [5.74, 6) is -1.22. The zero-order valence-electron chi connectivity index (χ0n) is 24.0. The number of halogens is 1. The van der Waals surface area contributed by atoms with Gasteiger partial charge in [-0.3, -0.25) is 14.9 Å². The highest BCUT2D eigenvalue weighted by molar-refractivity contribution is 14.1. The lowest BCUT2D eigenvalue weighted by Gasteiger charge is -2.26. The molecule has 1 heterocycles. The van der Waals surface area contributed by atoms with Crippen molar-refractivity contribution in [1.29, 1.82) is 0 Å². The van der Waals surface area contributed by atoms with E-state index in [1.165, 1.54) is 18.2 Å². The van der Waals surface area contributed by atoms with E-state index in [1.807, 2.05) is 37.3 Å². The summed E-state index contributed by atoms with van der Waals surface area (Å²) in [7, 11) is 0. The fraction of sp³-hybridized carbons (Fsp3) is 0.118. The highest BCUT2D eigenvalue weighted by Crippen LogP contribution is 2.36. The molecule has 0 aromatic heterocycles. The minimum absolute atomic E-state index is 0.157. The van der Waals surface area contributed by atoms with Crippen LogP contribution in [0, 0.1) is 3.57 Å². The number of nitrogens with one attached hydrogen (secondary N) is 1. The van der Waals surface area contributed by atoms with Crippen molar-refractivity contribution >= 4 is 58.2 Å². The maximum absolute atomic E-state index is 13.5. The van der Waals surface area contributed by atoms with Gasteiger partial charge in [-0.15, -0.1) is 0 Å². The third-order valence-corrected chi connectivity index (χ3v) is 7.47. The van der Waals surface area contributed by atoms with Gasteiger partial charge in [0.1, 0.15) is 24.5 Å². The summed E-state index contributed by atoms with van der Waals surface area (Å²) in [5, 5.41) is 11.4. The molecule has 4 aromatic rings. The molecule has 0 bridgehead atoms. The van der Waals surface area contributed by atoms with Crippen molar-refractivity contribution in [3.63, 3.8) is 0 Å². The van der Waals surface area contributed by atoms with E-state index >= 15 is 0 Å². The van der Waals surface area contributed by atoms with Gasteiger partial charge in [-0.25, -0.2) is 14.5 Å². The molecule has 0 atom stereocenters. The van der Waals surface area contributed by atoms with Crippen LogP contribution in [-0.2, 0) is 22.8 Å². The Balaban J connectivity index is 1.35. The van der Waals surface area contributed by atoms with Crippen LogP contribution in [0.4, 0.5) is 10.5 Å². The lowest BCUT2D eigenvalue weighted by molar-refractivity contribution is -0.122. The first-order chi connectivity index (χ1) is 21.7. The summed E-state index contributed by atoms with van der Waals surface area (Å²) in [4.78, 5) is 51.0. The van der Waals surface area contributed by atoms with E-state index in [9.17, 15) is 19.2 Å². The summed E-state index contributed by atoms with van der Waals surface area (Å²) in [6.45, 7) is 2.65. The number of ether oxygens (including phenoxy) is 3. The van der Waals surface area contributed by atoms with E-state index in [0.717, 1.165) is 16.0 Å². The average Bonchev–Trinajstić information content (AvgIpc) is 3.03. The topological polar surface area (TPSA) is 131 Å². The Morgan fingerprint density at radius 2 is 1.53 bits per heavy atom. The van der Waals surface area contributed by atoms with Crippen LogP contribution in [0.3, 0.4) is 0 Å². The van der Waals surface area contributed by atoms with Crippen molar-refractivity contribution in [3.05, 3.63) is 122 Å². The third kappa shape index (κ3) is 7.50. The van der Waals surface area contributed by atoms with Gasteiger partial charge in [0, 0.05) is 0 Å². The molecule has 1 aliphatic heterocycles. The van der Waals surface area contributed by atoms with Gasteiger partial charge in [-0.1, -0.05) is 42.5 Å². The van der Waals surface area contributed by atoms with Crippen LogP contribution < -0.4 is 24.4 Å². The molecule has 228 valence electrons. The van der Waals surface area contributed by atoms with Crippen LogP contribution in [0.2, 0.25) is 0 Å². The molecule has 1 saturated heterocycles. The minimum atomic E-state index is -1.01. The zero-order valence-corrected chi connectivity index (χ0v) is 26.1. The molecule has 4 amide bonds. The predicted octanol–water partition coefficient (Wildman–Crippen LogP) is 6.21. The van der Waals surface area contributed by atoms with Crippen LogP contribution in [0.1, 0.15) is 34.0 Å². The molecule has 1 fully saturated rings. The van der Waals surface area contributed by atoms with E-state index < -0.39 is 23.8 Å². The molecule has 45 heavy (non-hydrogen) atoms. The fourth-order valence-electron chi connectivity index (χ4n) is 4.46. The molecule has 0 spiro atoms. The fourth-order valence-corrected chi connectivity index (χ4v) is 5.25. The first-order valence-electron chi connectivity index (χ1n) is 13.8. The second kappa shape index (κ2) is 14.1. The molecule has 2 N–H and O–H groups in total. The number of nitrogens with zero attached hydrogens (tertiary/aromatic N) is 1. The molecule has 4 aromatic carbocycles. The molecule has 11 heteroatoms. The number of rotatable bonds is 11. The quantitative estimate of drug-likeness (QED) is 0.106. The molecular formula is C34H27IN2O8. The molecule has 0 saturated carbocycles. The van der Waals surface area contributed by atoms with Crippen LogP contribution >= 0.6 is 22.6 Å². The SMILES string of the molecule is CCOc1cc(/C=C2\C(=O)NC(=O)N(c3ccc(OCc4ccccc4)cc3)C2=O)cc(I)c1OCc1ccc(C(=O)O)cc1. The Kier molecular flexibility index (Phi) is 9.78. The van der Waals surface area contributed by atoms with Crippen LogP contribution in [0.25, 0.3) is 6.08 Å². The Morgan fingerprint density at radius 3 is 2.20 bits per heavy atom. The molecular weight excluding hydrogens is 691 g/mol.